The number of nitrogens with one attached hydrogen (secondary N) is 2. The first-order valence-electron chi connectivity index (χ1n) is 4.58. The summed E-state index contributed by atoms with van der Waals surface area (Å²) >= 11 is 0. The largest absolute Gasteiger partial charge is 0.480 e. The fourth-order valence-corrected chi connectivity index (χ4v) is 0.828. The first kappa shape index (κ1) is 13.4. The van der Waals surface area contributed by atoms with Gasteiger partial charge < -0.3 is 10.4 Å². The molecule has 0 aromatic carbocycles. The van der Waals surface area contributed by atoms with Crippen molar-refractivity contribution in [2.75, 3.05) is 13.1 Å². The summed E-state index contributed by atoms with van der Waals surface area (Å²) < 4.78 is 0. The third-order valence-electron chi connectivity index (χ3n) is 2.18. The van der Waals surface area contributed by atoms with E-state index in [0.717, 1.165) is 0 Å². The lowest BCUT2D eigenvalue weighted by atomic mass is 9.99. The van der Waals surface area contributed by atoms with Crippen LogP contribution in [-0.4, -0.2) is 35.6 Å². The highest BCUT2D eigenvalue weighted by molar-refractivity contribution is 5.81. The maximum Gasteiger partial charge on any atom is 0.323 e. The van der Waals surface area contributed by atoms with Gasteiger partial charge in [0.25, 0.3) is 0 Å². The minimum absolute atomic E-state index is 0.0730. The van der Waals surface area contributed by atoms with Crippen molar-refractivity contribution in [3.05, 3.63) is 0 Å². The number of hydrogen-bond acceptors (Lipinski definition) is 4. The van der Waals surface area contributed by atoms with Crippen LogP contribution in [0.1, 0.15) is 20.3 Å². The minimum atomic E-state index is -1.11. The molecule has 0 aromatic heterocycles. The number of amides is 1. The third kappa shape index (κ3) is 4.42. The molecule has 15 heavy (non-hydrogen) atoms. The molecule has 0 heterocycles. The highest BCUT2D eigenvalue weighted by atomic mass is 16.4. The second-order valence-corrected chi connectivity index (χ2v) is 3.28. The predicted octanol–water partition coefficient (Wildman–Crippen LogP) is -0.531. The fraction of sp³-hybridized carbons (Fsp3) is 0.667. The molecule has 0 aliphatic rings. The van der Waals surface area contributed by atoms with Crippen LogP contribution in [-0.2, 0) is 9.59 Å². The van der Waals surface area contributed by atoms with Gasteiger partial charge in [0.2, 0.25) is 5.91 Å². The Morgan fingerprint density at radius 3 is 2.53 bits per heavy atom. The lowest BCUT2D eigenvalue weighted by Gasteiger charge is -2.24. The van der Waals surface area contributed by atoms with Gasteiger partial charge in [-0.15, -0.1) is 0 Å². The van der Waals surface area contributed by atoms with Gasteiger partial charge in [-0.3, -0.25) is 14.9 Å². The van der Waals surface area contributed by atoms with Gasteiger partial charge in [0, 0.05) is 0 Å². The minimum Gasteiger partial charge on any atom is -0.480 e. The lowest BCUT2D eigenvalue weighted by molar-refractivity contribution is -0.144. The molecule has 0 aliphatic heterocycles. The second-order valence-electron chi connectivity index (χ2n) is 3.28. The van der Waals surface area contributed by atoms with Gasteiger partial charge in [0.15, 0.2) is 0 Å². The molecule has 1 amide bonds. The van der Waals surface area contributed by atoms with E-state index in [9.17, 15) is 9.59 Å². The summed E-state index contributed by atoms with van der Waals surface area (Å²) in [5.74, 6) is -1.39. The average Bonchev–Trinajstić information content (AvgIpc) is 2.22. The number of nitrogens with zero attached hydrogens (tertiary/aromatic N) is 1. The van der Waals surface area contributed by atoms with Crippen LogP contribution in [0.3, 0.4) is 0 Å². The molecule has 6 nitrogen and oxygen atoms in total. The first-order valence-corrected chi connectivity index (χ1v) is 4.58. The molecule has 0 radical (unpaired) electrons. The Morgan fingerprint density at radius 2 is 2.13 bits per heavy atom. The number of aliphatic carboxylic acids is 1. The Morgan fingerprint density at radius 1 is 1.53 bits per heavy atom. The van der Waals surface area contributed by atoms with Crippen LogP contribution in [0.4, 0.5) is 0 Å². The Balaban J connectivity index is 4.08. The molecule has 0 saturated carbocycles. The van der Waals surface area contributed by atoms with E-state index in [1.54, 1.807) is 13.0 Å². The van der Waals surface area contributed by atoms with E-state index in [0.29, 0.717) is 6.42 Å². The van der Waals surface area contributed by atoms with Crippen molar-refractivity contribution in [1.29, 1.82) is 5.26 Å². The van der Waals surface area contributed by atoms with Crippen molar-refractivity contribution in [2.24, 2.45) is 0 Å². The molecule has 0 rings (SSSR count). The number of hydrogen-bond donors (Lipinski definition) is 3. The van der Waals surface area contributed by atoms with Crippen LogP contribution in [0.2, 0.25) is 0 Å². The van der Waals surface area contributed by atoms with Gasteiger partial charge in [-0.25, -0.2) is 0 Å². The number of rotatable bonds is 6. The molecule has 0 aromatic rings. The molecule has 1 atom stereocenters. The summed E-state index contributed by atoms with van der Waals surface area (Å²) in [7, 11) is 0. The topological polar surface area (TPSA) is 102 Å². The SMILES string of the molecule is CCC(C)(NCC(=O)NCC#N)C(=O)O. The van der Waals surface area contributed by atoms with Crippen molar-refractivity contribution in [3.8, 4) is 6.07 Å². The second kappa shape index (κ2) is 5.98. The van der Waals surface area contributed by atoms with Gasteiger partial charge in [0.05, 0.1) is 12.6 Å². The van der Waals surface area contributed by atoms with Crippen LogP contribution in [0, 0.1) is 11.3 Å². The van der Waals surface area contributed by atoms with Gasteiger partial charge in [-0.2, -0.15) is 5.26 Å². The molecule has 0 bridgehead atoms. The Hall–Kier alpha value is -1.61. The summed E-state index contributed by atoms with van der Waals surface area (Å²) in [6.45, 7) is 3.04. The summed E-state index contributed by atoms with van der Waals surface area (Å²) in [5, 5.41) is 22.0. The lowest BCUT2D eigenvalue weighted by Crippen LogP contribution is -2.52. The quantitative estimate of drug-likeness (QED) is 0.515. The number of nitriles is 1. The van der Waals surface area contributed by atoms with Gasteiger partial charge in [-0.1, -0.05) is 6.92 Å². The van der Waals surface area contributed by atoms with E-state index in [2.05, 4.69) is 10.6 Å². The number of carboxylic acids is 1. The number of carboxylic acid groups (broad SMARTS) is 1. The summed E-state index contributed by atoms with van der Waals surface area (Å²) in [6.07, 6.45) is 0.369. The van der Waals surface area contributed by atoms with Crippen LogP contribution in [0.5, 0.6) is 0 Å². The van der Waals surface area contributed by atoms with E-state index in [1.807, 2.05) is 0 Å². The van der Waals surface area contributed by atoms with E-state index in [-0.39, 0.29) is 13.1 Å². The van der Waals surface area contributed by atoms with Crippen LogP contribution in [0.25, 0.3) is 0 Å². The van der Waals surface area contributed by atoms with E-state index in [1.165, 1.54) is 6.92 Å². The molecule has 84 valence electrons. The Bertz CT molecular complexity index is 285. The van der Waals surface area contributed by atoms with Crippen LogP contribution >= 0.6 is 0 Å². The molecular weight excluding hydrogens is 198 g/mol. The van der Waals surface area contributed by atoms with E-state index in [4.69, 9.17) is 10.4 Å². The molecule has 0 fully saturated rings. The predicted molar refractivity (Wildman–Crippen MR) is 53.0 cm³/mol. The maximum absolute atomic E-state index is 11.1. The standard InChI is InChI=1S/C9H15N3O3/c1-3-9(2,8(14)15)12-6-7(13)11-5-4-10/h12H,3,5-6H2,1-2H3,(H,11,13)(H,14,15). The monoisotopic (exact) mass is 213 g/mol. The molecular formula is C9H15N3O3. The van der Waals surface area contributed by atoms with Crippen molar-refractivity contribution in [2.45, 2.75) is 25.8 Å². The molecule has 0 saturated heterocycles. The smallest absolute Gasteiger partial charge is 0.323 e. The maximum atomic E-state index is 11.1. The van der Waals surface area contributed by atoms with Crippen LogP contribution in [0.15, 0.2) is 0 Å². The Labute approximate surface area is 88.3 Å². The van der Waals surface area contributed by atoms with E-state index >= 15 is 0 Å². The summed E-state index contributed by atoms with van der Waals surface area (Å²) in [4.78, 5) is 21.9. The highest BCUT2D eigenvalue weighted by Crippen LogP contribution is 2.08. The van der Waals surface area contributed by atoms with Crippen LogP contribution < -0.4 is 10.6 Å². The third-order valence-corrected chi connectivity index (χ3v) is 2.18. The zero-order valence-corrected chi connectivity index (χ0v) is 8.83. The average molecular weight is 213 g/mol. The van der Waals surface area contributed by atoms with Gasteiger partial charge >= 0.3 is 5.97 Å². The number of carbonyl (C=O) groups is 2. The fourth-order valence-electron chi connectivity index (χ4n) is 0.828. The molecule has 0 spiro atoms. The zero-order chi connectivity index (χ0) is 11.9. The summed E-state index contributed by atoms with van der Waals surface area (Å²) in [6, 6.07) is 1.76. The molecule has 1 unspecified atom stereocenters. The molecule has 6 heteroatoms. The van der Waals surface area contributed by atoms with Gasteiger partial charge in [-0.05, 0) is 13.3 Å². The van der Waals surface area contributed by atoms with Crippen molar-refractivity contribution in [1.82, 2.24) is 10.6 Å². The molecule has 3 N–H and O–H groups in total. The summed E-state index contributed by atoms with van der Waals surface area (Å²) in [5.41, 5.74) is -1.11. The first-order chi connectivity index (χ1) is 6.96. The van der Waals surface area contributed by atoms with E-state index < -0.39 is 17.4 Å². The highest BCUT2D eigenvalue weighted by Gasteiger charge is 2.30. The van der Waals surface area contributed by atoms with Crippen molar-refractivity contribution < 1.29 is 14.7 Å². The molecule has 0 aliphatic carbocycles. The normalized spacial score (nSPS) is 13.7. The Kier molecular flexibility index (Phi) is 5.34. The van der Waals surface area contributed by atoms with Gasteiger partial charge in [0.1, 0.15) is 12.1 Å². The van der Waals surface area contributed by atoms with Crippen molar-refractivity contribution in [3.63, 3.8) is 0 Å². The van der Waals surface area contributed by atoms with Crippen molar-refractivity contribution >= 4 is 11.9 Å². The number of carbonyl (C=O) groups excluding carboxylic acids is 1. The zero-order valence-electron chi connectivity index (χ0n) is 8.83.